The highest BCUT2D eigenvalue weighted by molar-refractivity contribution is 6.04. The molecule has 180 valence electrons. The number of hydrogen-bond donors (Lipinski definition) is 2. The van der Waals surface area contributed by atoms with Crippen LogP contribution in [0.25, 0.3) is 22.2 Å². The number of fused-ring (bicyclic) bond motifs is 1. The molecular weight excluding hydrogens is 455 g/mol. The molecule has 0 saturated carbocycles. The highest BCUT2D eigenvalue weighted by atomic mass is 19.1. The summed E-state index contributed by atoms with van der Waals surface area (Å²) in [5.41, 5.74) is 1.45. The molecule has 1 amide bonds. The first kappa shape index (κ1) is 22.8. The minimum Gasteiger partial charge on any atom is -0.389 e. The molecule has 2 atom stereocenters. The molecule has 0 radical (unpaired) electrons. The third kappa shape index (κ3) is 4.55. The van der Waals surface area contributed by atoms with Gasteiger partial charge in [-0.1, -0.05) is 12.1 Å². The van der Waals surface area contributed by atoms with E-state index in [1.165, 1.54) is 29.2 Å². The summed E-state index contributed by atoms with van der Waals surface area (Å²) >= 11 is 0. The molecule has 11 heteroatoms. The predicted octanol–water partition coefficient (Wildman–Crippen LogP) is 1.26. The lowest BCUT2D eigenvalue weighted by atomic mass is 10.1. The number of rotatable bonds is 5. The molecule has 10 nitrogen and oxygen atoms in total. The largest absolute Gasteiger partial charge is 0.389 e. The second kappa shape index (κ2) is 9.35. The molecule has 1 aromatic carbocycles. The number of aromatic nitrogens is 5. The zero-order valence-corrected chi connectivity index (χ0v) is 18.9. The normalized spacial score (nSPS) is 18.0. The van der Waals surface area contributed by atoms with Gasteiger partial charge in [0.05, 0.1) is 37.1 Å². The minimum absolute atomic E-state index is 0.0000595. The van der Waals surface area contributed by atoms with Crippen molar-refractivity contribution in [1.82, 2.24) is 29.6 Å². The van der Waals surface area contributed by atoms with Gasteiger partial charge in [-0.2, -0.15) is 5.10 Å². The second-order valence-electron chi connectivity index (χ2n) is 8.45. The van der Waals surface area contributed by atoms with Crippen molar-refractivity contribution in [2.24, 2.45) is 7.05 Å². The molecular formula is C24H23FN6O4. The molecule has 1 aliphatic rings. The molecule has 0 spiro atoms. The topological polar surface area (TPSA) is 124 Å². The van der Waals surface area contributed by atoms with Crippen LogP contribution in [0, 0.1) is 5.82 Å². The van der Waals surface area contributed by atoms with Crippen molar-refractivity contribution in [3.05, 3.63) is 76.5 Å². The Morgan fingerprint density at radius 3 is 2.74 bits per heavy atom. The summed E-state index contributed by atoms with van der Waals surface area (Å²) in [6.07, 6.45) is 7.13. The van der Waals surface area contributed by atoms with Gasteiger partial charge in [-0.25, -0.2) is 9.37 Å². The number of hydrogen-bond acceptors (Lipinski definition) is 7. The monoisotopic (exact) mass is 478 g/mol. The van der Waals surface area contributed by atoms with Gasteiger partial charge in [0.25, 0.3) is 11.5 Å². The number of benzene rings is 1. The van der Waals surface area contributed by atoms with Crippen LogP contribution in [0.2, 0.25) is 0 Å². The Labute approximate surface area is 199 Å². The van der Waals surface area contributed by atoms with Gasteiger partial charge in [-0.05, 0) is 18.1 Å². The van der Waals surface area contributed by atoms with Crippen LogP contribution < -0.4 is 10.9 Å². The number of ether oxygens (including phenoxy) is 1. The second-order valence-corrected chi connectivity index (χ2v) is 8.45. The number of nitrogens with one attached hydrogen (secondary N) is 1. The van der Waals surface area contributed by atoms with Crippen LogP contribution in [0.3, 0.4) is 0 Å². The van der Waals surface area contributed by atoms with E-state index in [0.717, 1.165) is 5.56 Å². The molecule has 35 heavy (non-hydrogen) atoms. The summed E-state index contributed by atoms with van der Waals surface area (Å²) in [4.78, 5) is 34.5. The minimum atomic E-state index is -0.844. The maximum Gasteiger partial charge on any atom is 0.279 e. The quantitative estimate of drug-likeness (QED) is 0.443. The van der Waals surface area contributed by atoms with Crippen molar-refractivity contribution in [3.8, 4) is 11.1 Å². The van der Waals surface area contributed by atoms with Crippen molar-refractivity contribution >= 4 is 16.9 Å². The zero-order chi connectivity index (χ0) is 24.5. The van der Waals surface area contributed by atoms with Crippen molar-refractivity contribution in [3.63, 3.8) is 0 Å². The van der Waals surface area contributed by atoms with Gasteiger partial charge in [0.1, 0.15) is 11.3 Å². The molecule has 2 N–H and O–H groups in total. The smallest absolute Gasteiger partial charge is 0.279 e. The maximum atomic E-state index is 15.0. The molecule has 1 aliphatic heterocycles. The van der Waals surface area contributed by atoms with Gasteiger partial charge in [-0.3, -0.25) is 19.3 Å². The van der Waals surface area contributed by atoms with Crippen molar-refractivity contribution in [1.29, 1.82) is 0 Å². The lowest BCUT2D eigenvalue weighted by Gasteiger charge is -2.28. The van der Waals surface area contributed by atoms with Gasteiger partial charge in [-0.15, -0.1) is 0 Å². The fourth-order valence-electron chi connectivity index (χ4n) is 4.13. The Bertz CT molecular complexity index is 1470. The standard InChI is InChI=1S/C24H23FN6O4/c1-30-10-16(9-28-30)14-2-3-15(18(25)8-14)11-31-12-17(21-22(24(31)34)27-6-5-26-21)23(33)29-19-4-7-35-13-20(19)32/h2-3,5-6,8-10,12,19-20,32H,4,7,11,13H2,1H3,(H,29,33)/t19-,20-/m0/s1. The van der Waals surface area contributed by atoms with Crippen LogP contribution in [0.1, 0.15) is 22.3 Å². The molecule has 1 fully saturated rings. The first-order chi connectivity index (χ1) is 16.9. The average molecular weight is 478 g/mol. The number of aryl methyl sites for hydroxylation is 1. The van der Waals surface area contributed by atoms with Crippen molar-refractivity contribution in [2.45, 2.75) is 25.1 Å². The Morgan fingerprint density at radius 1 is 1.23 bits per heavy atom. The molecule has 4 heterocycles. The van der Waals surface area contributed by atoms with E-state index in [1.54, 1.807) is 36.3 Å². The van der Waals surface area contributed by atoms with E-state index >= 15 is 0 Å². The maximum absolute atomic E-state index is 15.0. The SMILES string of the molecule is Cn1cc(-c2ccc(Cn3cc(C(=O)N[C@H]4CCOC[C@@H]4O)c4nccnc4c3=O)c(F)c2)cn1. The summed E-state index contributed by atoms with van der Waals surface area (Å²) in [7, 11) is 1.78. The van der Waals surface area contributed by atoms with E-state index in [0.29, 0.717) is 18.6 Å². The summed E-state index contributed by atoms with van der Waals surface area (Å²) < 4.78 is 23.1. The number of nitrogens with zero attached hydrogens (tertiary/aromatic N) is 5. The van der Waals surface area contributed by atoms with Gasteiger partial charge < -0.3 is 19.7 Å². The number of aliphatic hydroxyl groups excluding tert-OH is 1. The predicted molar refractivity (Wildman–Crippen MR) is 124 cm³/mol. The number of aliphatic hydroxyl groups is 1. The molecule has 0 bridgehead atoms. The first-order valence-electron chi connectivity index (χ1n) is 11.1. The van der Waals surface area contributed by atoms with Gasteiger partial charge in [0.2, 0.25) is 0 Å². The van der Waals surface area contributed by atoms with Crippen LogP contribution in [0.4, 0.5) is 4.39 Å². The summed E-state index contributed by atoms with van der Waals surface area (Å²) in [5.74, 6) is -1.00. The molecule has 5 rings (SSSR count). The van der Waals surface area contributed by atoms with E-state index in [2.05, 4.69) is 20.4 Å². The van der Waals surface area contributed by atoms with Gasteiger partial charge in [0.15, 0.2) is 5.52 Å². The molecule has 0 unspecified atom stereocenters. The van der Waals surface area contributed by atoms with Crippen LogP contribution in [-0.2, 0) is 18.3 Å². The third-order valence-corrected chi connectivity index (χ3v) is 6.02. The Hall–Kier alpha value is -3.96. The lowest BCUT2D eigenvalue weighted by Crippen LogP contribution is -2.49. The number of carbonyl (C=O) groups is 1. The van der Waals surface area contributed by atoms with E-state index in [-0.39, 0.29) is 35.3 Å². The number of halogens is 1. The third-order valence-electron chi connectivity index (χ3n) is 6.02. The first-order valence-corrected chi connectivity index (χ1v) is 11.1. The van der Waals surface area contributed by atoms with E-state index in [9.17, 15) is 19.1 Å². The molecule has 0 aliphatic carbocycles. The van der Waals surface area contributed by atoms with Gasteiger partial charge >= 0.3 is 0 Å². The molecule has 4 aromatic rings. The highest BCUT2D eigenvalue weighted by Crippen LogP contribution is 2.22. The molecule has 1 saturated heterocycles. The van der Waals surface area contributed by atoms with E-state index in [4.69, 9.17) is 4.74 Å². The van der Waals surface area contributed by atoms with Crippen LogP contribution in [0.5, 0.6) is 0 Å². The lowest BCUT2D eigenvalue weighted by molar-refractivity contribution is -0.0260. The fraction of sp³-hybridized carbons (Fsp3) is 0.292. The van der Waals surface area contributed by atoms with E-state index in [1.807, 2.05) is 0 Å². The van der Waals surface area contributed by atoms with E-state index < -0.39 is 29.4 Å². The summed E-state index contributed by atoms with van der Waals surface area (Å²) in [5, 5.41) is 17.0. The van der Waals surface area contributed by atoms with Crippen molar-refractivity contribution in [2.75, 3.05) is 13.2 Å². The highest BCUT2D eigenvalue weighted by Gasteiger charge is 2.27. The van der Waals surface area contributed by atoms with Gasteiger partial charge in [0, 0.05) is 49.6 Å². The van der Waals surface area contributed by atoms with Crippen LogP contribution in [0.15, 0.2) is 54.0 Å². The van der Waals surface area contributed by atoms with Crippen LogP contribution in [-0.4, -0.2) is 60.7 Å². The van der Waals surface area contributed by atoms with Crippen molar-refractivity contribution < 1.29 is 19.0 Å². The average Bonchev–Trinajstić information content (AvgIpc) is 3.29. The fourth-order valence-corrected chi connectivity index (χ4v) is 4.13. The number of carbonyl (C=O) groups excluding carboxylic acids is 1. The summed E-state index contributed by atoms with van der Waals surface area (Å²) in [6.45, 7) is 0.431. The zero-order valence-electron chi connectivity index (χ0n) is 18.9. The number of pyridine rings is 1. The summed E-state index contributed by atoms with van der Waals surface area (Å²) in [6, 6.07) is 4.24. The Kier molecular flexibility index (Phi) is 6.10. The Morgan fingerprint density at radius 2 is 2.03 bits per heavy atom. The molecule has 3 aromatic heterocycles. The number of amides is 1. The van der Waals surface area contributed by atoms with Crippen LogP contribution >= 0.6 is 0 Å². The Balaban J connectivity index is 1.49.